The van der Waals surface area contributed by atoms with Gasteiger partial charge in [0, 0.05) is 31.0 Å². The molecule has 25 heavy (non-hydrogen) atoms. The van der Waals surface area contributed by atoms with Crippen LogP contribution in [-0.2, 0) is 22.8 Å². The highest BCUT2D eigenvalue weighted by Crippen LogP contribution is 2.26. The zero-order chi connectivity index (χ0) is 18.7. The van der Waals surface area contributed by atoms with Crippen LogP contribution in [0.25, 0.3) is 0 Å². The number of unbranched alkanes of at least 4 members (excludes halogenated alkanes) is 1. The highest BCUT2D eigenvalue weighted by atomic mass is 28.4. The Labute approximate surface area is 156 Å². The fourth-order valence-corrected chi connectivity index (χ4v) is 5.90. The zero-order valence-electron chi connectivity index (χ0n) is 17.2. The molecule has 1 heterocycles. The summed E-state index contributed by atoms with van der Waals surface area (Å²) >= 11 is 0. The lowest BCUT2D eigenvalue weighted by Crippen LogP contribution is -2.51. The first-order valence-corrected chi connectivity index (χ1v) is 12.1. The van der Waals surface area contributed by atoms with E-state index in [9.17, 15) is 0 Å². The van der Waals surface area contributed by atoms with E-state index >= 15 is 0 Å². The summed E-state index contributed by atoms with van der Waals surface area (Å²) in [6.07, 6.45) is 5.70. The summed E-state index contributed by atoms with van der Waals surface area (Å²) in [6, 6.07) is 0.856. The summed E-state index contributed by atoms with van der Waals surface area (Å²) in [6.45, 7) is 15.1. The minimum Gasteiger partial charge on any atom is -0.379 e. The zero-order valence-corrected chi connectivity index (χ0v) is 18.2. The van der Waals surface area contributed by atoms with E-state index in [2.05, 4.69) is 41.5 Å². The van der Waals surface area contributed by atoms with Gasteiger partial charge in [0.15, 0.2) is 0 Å². The molecule has 5 nitrogen and oxygen atoms in total. The van der Waals surface area contributed by atoms with Crippen LogP contribution in [0.5, 0.6) is 0 Å². The maximum absolute atomic E-state index is 6.42. The van der Waals surface area contributed by atoms with Crippen LogP contribution in [0.15, 0.2) is 0 Å². The molecule has 1 aliphatic rings. The molecule has 0 spiro atoms. The number of hydrogen-bond donors (Lipinski definition) is 0. The summed E-state index contributed by atoms with van der Waals surface area (Å²) in [5, 5.41) is 0. The quantitative estimate of drug-likeness (QED) is 0.224. The Morgan fingerprint density at radius 2 is 1.36 bits per heavy atom. The lowest BCUT2D eigenvalue weighted by Gasteiger charge is -2.36. The monoisotopic (exact) mass is 376 g/mol. The van der Waals surface area contributed by atoms with Crippen molar-refractivity contribution in [3.8, 4) is 0 Å². The second-order valence-electron chi connectivity index (χ2n) is 7.18. The van der Waals surface area contributed by atoms with Crippen molar-refractivity contribution in [1.29, 1.82) is 0 Å². The Bertz CT molecular complexity index is 306. The number of ether oxygens (including phenoxy) is 2. The molecule has 0 bridgehead atoms. The van der Waals surface area contributed by atoms with Crippen LogP contribution < -0.4 is 0 Å². The van der Waals surface area contributed by atoms with Gasteiger partial charge in [-0.05, 0) is 52.9 Å². The highest BCUT2D eigenvalue weighted by Gasteiger charge is 2.44. The average Bonchev–Trinajstić information content (AvgIpc) is 3.41. The fraction of sp³-hybridized carbons (Fsp3) is 1.00. The molecule has 0 aromatic carbocycles. The van der Waals surface area contributed by atoms with Crippen LogP contribution in [0.2, 0.25) is 6.04 Å². The van der Waals surface area contributed by atoms with E-state index in [1.807, 2.05) is 0 Å². The standard InChI is InChI=1S/C19H40O5Si/c1-7-16(4)22-25(23-17(5)8-2,24-18(6)9-3)13-11-10-12-20-14-19-15-21-19/h16-19H,7-15H2,1-6H3. The molecule has 0 radical (unpaired) electrons. The normalized spacial score (nSPS) is 23.0. The van der Waals surface area contributed by atoms with Gasteiger partial charge in [-0.25, -0.2) is 0 Å². The van der Waals surface area contributed by atoms with Crippen molar-refractivity contribution >= 4 is 8.80 Å². The first-order chi connectivity index (χ1) is 11.9. The van der Waals surface area contributed by atoms with Crippen LogP contribution in [0.1, 0.15) is 73.6 Å². The molecule has 0 amide bonds. The number of rotatable bonds is 16. The molecule has 4 unspecified atom stereocenters. The molecule has 1 rings (SSSR count). The van der Waals surface area contributed by atoms with Crippen LogP contribution in [0.3, 0.4) is 0 Å². The van der Waals surface area contributed by atoms with Gasteiger partial charge in [-0.3, -0.25) is 0 Å². The minimum absolute atomic E-state index is 0.156. The van der Waals surface area contributed by atoms with E-state index in [4.69, 9.17) is 22.8 Å². The Morgan fingerprint density at radius 3 is 1.76 bits per heavy atom. The van der Waals surface area contributed by atoms with Crippen LogP contribution >= 0.6 is 0 Å². The van der Waals surface area contributed by atoms with Crippen molar-refractivity contribution in [1.82, 2.24) is 0 Å². The fourth-order valence-electron chi connectivity index (χ4n) is 2.35. The van der Waals surface area contributed by atoms with Crippen LogP contribution in [0, 0.1) is 0 Å². The number of epoxide rings is 1. The van der Waals surface area contributed by atoms with E-state index in [-0.39, 0.29) is 18.3 Å². The van der Waals surface area contributed by atoms with Crippen molar-refractivity contribution in [2.75, 3.05) is 19.8 Å². The Morgan fingerprint density at radius 1 is 0.880 bits per heavy atom. The highest BCUT2D eigenvalue weighted by molar-refractivity contribution is 6.60. The predicted octanol–water partition coefficient (Wildman–Crippen LogP) is 4.57. The van der Waals surface area contributed by atoms with Crippen LogP contribution in [-0.4, -0.2) is 53.0 Å². The predicted molar refractivity (Wildman–Crippen MR) is 103 cm³/mol. The van der Waals surface area contributed by atoms with Crippen molar-refractivity contribution < 1.29 is 22.8 Å². The molecule has 0 aromatic heterocycles. The topological polar surface area (TPSA) is 49.5 Å². The first kappa shape index (κ1) is 23.1. The molecular formula is C19H40O5Si. The SMILES string of the molecule is CCC(C)O[Si](CCCCOCC1CO1)(OC(C)CC)OC(C)CC. The van der Waals surface area contributed by atoms with Gasteiger partial charge in [-0.1, -0.05) is 20.8 Å². The van der Waals surface area contributed by atoms with E-state index in [0.717, 1.165) is 58.0 Å². The number of hydrogen-bond acceptors (Lipinski definition) is 5. The van der Waals surface area contributed by atoms with Gasteiger partial charge in [0.25, 0.3) is 0 Å². The van der Waals surface area contributed by atoms with Crippen molar-refractivity contribution in [3.05, 3.63) is 0 Å². The molecule has 4 atom stereocenters. The minimum atomic E-state index is -2.70. The van der Waals surface area contributed by atoms with Crippen molar-refractivity contribution in [2.45, 2.75) is 104 Å². The van der Waals surface area contributed by atoms with E-state index in [1.54, 1.807) is 0 Å². The molecule has 0 saturated carbocycles. The third kappa shape index (κ3) is 10.1. The molecule has 150 valence electrons. The second-order valence-corrected chi connectivity index (χ2v) is 9.75. The molecule has 1 saturated heterocycles. The largest absolute Gasteiger partial charge is 0.501 e. The third-order valence-corrected chi connectivity index (χ3v) is 7.85. The van der Waals surface area contributed by atoms with Crippen molar-refractivity contribution in [2.24, 2.45) is 0 Å². The molecule has 1 aliphatic heterocycles. The summed E-state index contributed by atoms with van der Waals surface area (Å²) < 4.78 is 30.1. The lowest BCUT2D eigenvalue weighted by atomic mass is 10.3. The molecule has 0 aromatic rings. The maximum Gasteiger partial charge on any atom is 0.501 e. The third-order valence-electron chi connectivity index (χ3n) is 4.59. The van der Waals surface area contributed by atoms with Gasteiger partial charge in [-0.2, -0.15) is 0 Å². The van der Waals surface area contributed by atoms with E-state index in [0.29, 0.717) is 6.10 Å². The first-order valence-electron chi connectivity index (χ1n) is 10.2. The Balaban J connectivity index is 2.58. The summed E-state index contributed by atoms with van der Waals surface area (Å²) in [5.74, 6) is 0. The van der Waals surface area contributed by atoms with Gasteiger partial charge < -0.3 is 22.8 Å². The molecule has 0 aliphatic carbocycles. The van der Waals surface area contributed by atoms with E-state index < -0.39 is 8.80 Å². The molecular weight excluding hydrogens is 336 g/mol. The summed E-state index contributed by atoms with van der Waals surface area (Å²) in [4.78, 5) is 0. The van der Waals surface area contributed by atoms with Gasteiger partial charge >= 0.3 is 8.80 Å². The summed E-state index contributed by atoms with van der Waals surface area (Å²) in [7, 11) is -2.70. The maximum atomic E-state index is 6.42. The van der Waals surface area contributed by atoms with E-state index in [1.165, 1.54) is 0 Å². The average molecular weight is 377 g/mol. The van der Waals surface area contributed by atoms with Crippen LogP contribution in [0.4, 0.5) is 0 Å². The molecule has 1 fully saturated rings. The summed E-state index contributed by atoms with van der Waals surface area (Å²) in [5.41, 5.74) is 0. The lowest BCUT2D eigenvalue weighted by molar-refractivity contribution is -0.0115. The van der Waals surface area contributed by atoms with Gasteiger partial charge in [-0.15, -0.1) is 0 Å². The smallest absolute Gasteiger partial charge is 0.379 e. The molecule has 6 heteroatoms. The molecule has 0 N–H and O–H groups in total. The van der Waals surface area contributed by atoms with Gasteiger partial charge in [0.05, 0.1) is 13.2 Å². The Hall–Kier alpha value is 0.0169. The Kier molecular flexibility index (Phi) is 11.4. The van der Waals surface area contributed by atoms with Gasteiger partial charge in [0.1, 0.15) is 6.10 Å². The second kappa shape index (κ2) is 12.4. The van der Waals surface area contributed by atoms with Crippen molar-refractivity contribution in [3.63, 3.8) is 0 Å². The van der Waals surface area contributed by atoms with Gasteiger partial charge in [0.2, 0.25) is 0 Å².